The highest BCUT2D eigenvalue weighted by atomic mass is 35.5. The van der Waals surface area contributed by atoms with E-state index in [1.807, 2.05) is 0 Å². The zero-order chi connectivity index (χ0) is 15.0. The second-order valence-corrected chi connectivity index (χ2v) is 6.45. The van der Waals surface area contributed by atoms with Crippen LogP contribution in [0.4, 0.5) is 13.2 Å². The van der Waals surface area contributed by atoms with Crippen molar-refractivity contribution in [3.05, 3.63) is 33.8 Å². The van der Waals surface area contributed by atoms with E-state index in [2.05, 4.69) is 0 Å². The number of halogens is 5. The molecule has 1 aromatic rings. The number of nitrogens with two attached hydrogens (primary N) is 1. The lowest BCUT2D eigenvalue weighted by molar-refractivity contribution is -0.187. The Bertz CT molecular complexity index is 490. The van der Waals surface area contributed by atoms with Crippen molar-refractivity contribution in [2.75, 3.05) is 0 Å². The summed E-state index contributed by atoms with van der Waals surface area (Å²) in [7, 11) is 0. The second kappa shape index (κ2) is 5.74. The molecular weight excluding hydrogens is 310 g/mol. The molecule has 0 aliphatic heterocycles. The van der Waals surface area contributed by atoms with Crippen molar-refractivity contribution in [3.63, 3.8) is 0 Å². The molecule has 1 nitrogen and oxygen atoms in total. The summed E-state index contributed by atoms with van der Waals surface area (Å²) in [6.45, 7) is 0. The summed E-state index contributed by atoms with van der Waals surface area (Å²) in [5.74, 6) is -1.31. The minimum atomic E-state index is -4.17. The van der Waals surface area contributed by atoms with Gasteiger partial charge in [0.05, 0.1) is 5.92 Å². The molecule has 1 aliphatic carbocycles. The van der Waals surface area contributed by atoms with Gasteiger partial charge in [0, 0.05) is 15.6 Å². The standard InChI is InChI=1S/C14H16Cl2F3N/c15-11-4-3-9(12(16)6-11)7-13(20)5-1-2-10(8-13)14(17,18)19/h3-4,6,10H,1-2,5,7-8,20H2. The van der Waals surface area contributed by atoms with E-state index in [4.69, 9.17) is 28.9 Å². The van der Waals surface area contributed by atoms with Gasteiger partial charge in [-0.05, 0) is 43.4 Å². The summed E-state index contributed by atoms with van der Waals surface area (Å²) < 4.78 is 38.6. The van der Waals surface area contributed by atoms with E-state index in [0.717, 1.165) is 5.56 Å². The third kappa shape index (κ3) is 3.80. The second-order valence-electron chi connectivity index (χ2n) is 5.61. The fourth-order valence-corrected chi connectivity index (χ4v) is 3.35. The zero-order valence-electron chi connectivity index (χ0n) is 10.8. The molecular formula is C14H16Cl2F3N. The van der Waals surface area contributed by atoms with E-state index >= 15 is 0 Å². The van der Waals surface area contributed by atoms with Crippen LogP contribution in [0.3, 0.4) is 0 Å². The van der Waals surface area contributed by atoms with Gasteiger partial charge >= 0.3 is 6.18 Å². The molecule has 0 amide bonds. The molecule has 1 aliphatic rings. The molecule has 20 heavy (non-hydrogen) atoms. The molecule has 2 rings (SSSR count). The Labute approximate surface area is 126 Å². The van der Waals surface area contributed by atoms with Crippen LogP contribution < -0.4 is 5.73 Å². The normalized spacial score (nSPS) is 27.6. The van der Waals surface area contributed by atoms with Crippen molar-refractivity contribution >= 4 is 23.2 Å². The molecule has 112 valence electrons. The van der Waals surface area contributed by atoms with Gasteiger partial charge in [0.1, 0.15) is 0 Å². The summed E-state index contributed by atoms with van der Waals surface area (Å²) in [6, 6.07) is 5.00. The quantitative estimate of drug-likeness (QED) is 0.814. The van der Waals surface area contributed by atoms with Crippen LogP contribution in [0.2, 0.25) is 10.0 Å². The van der Waals surface area contributed by atoms with Gasteiger partial charge in [-0.15, -0.1) is 0 Å². The molecule has 0 radical (unpaired) electrons. The Hall–Kier alpha value is -0.450. The lowest BCUT2D eigenvalue weighted by Gasteiger charge is -2.39. The Morgan fingerprint density at radius 2 is 2.00 bits per heavy atom. The fourth-order valence-electron chi connectivity index (χ4n) is 2.88. The zero-order valence-corrected chi connectivity index (χ0v) is 12.3. The van der Waals surface area contributed by atoms with Crippen LogP contribution in [0.1, 0.15) is 31.2 Å². The first kappa shape index (κ1) is 15.9. The van der Waals surface area contributed by atoms with Gasteiger partial charge in [0.2, 0.25) is 0 Å². The highest BCUT2D eigenvalue weighted by Crippen LogP contribution is 2.42. The molecule has 0 saturated heterocycles. The maximum absolute atomic E-state index is 12.9. The van der Waals surface area contributed by atoms with Crippen LogP contribution >= 0.6 is 23.2 Å². The maximum Gasteiger partial charge on any atom is 0.391 e. The van der Waals surface area contributed by atoms with Gasteiger partial charge < -0.3 is 5.73 Å². The van der Waals surface area contributed by atoms with Crippen molar-refractivity contribution in [1.29, 1.82) is 0 Å². The van der Waals surface area contributed by atoms with E-state index in [9.17, 15) is 13.2 Å². The van der Waals surface area contributed by atoms with E-state index in [-0.39, 0.29) is 12.8 Å². The van der Waals surface area contributed by atoms with Gasteiger partial charge in [-0.1, -0.05) is 35.7 Å². The first-order valence-electron chi connectivity index (χ1n) is 6.49. The number of rotatable bonds is 2. The Morgan fingerprint density at radius 1 is 1.30 bits per heavy atom. The molecule has 0 bridgehead atoms. The Balaban J connectivity index is 2.14. The predicted octanol–water partition coefficient (Wildman–Crippen LogP) is 4.99. The fraction of sp³-hybridized carbons (Fsp3) is 0.571. The summed E-state index contributed by atoms with van der Waals surface area (Å²) >= 11 is 11.9. The average molecular weight is 326 g/mol. The van der Waals surface area contributed by atoms with Crippen molar-refractivity contribution in [3.8, 4) is 0 Å². The molecule has 2 unspecified atom stereocenters. The number of hydrogen-bond acceptors (Lipinski definition) is 1. The van der Waals surface area contributed by atoms with Crippen LogP contribution in [0.25, 0.3) is 0 Å². The van der Waals surface area contributed by atoms with Gasteiger partial charge in [-0.2, -0.15) is 13.2 Å². The first-order valence-corrected chi connectivity index (χ1v) is 7.25. The molecule has 0 spiro atoms. The van der Waals surface area contributed by atoms with Gasteiger partial charge in [-0.25, -0.2) is 0 Å². The van der Waals surface area contributed by atoms with E-state index in [1.54, 1.807) is 18.2 Å². The van der Waals surface area contributed by atoms with Crippen LogP contribution in [-0.4, -0.2) is 11.7 Å². The summed E-state index contributed by atoms with van der Waals surface area (Å²) in [6.07, 6.45) is -2.64. The smallest absolute Gasteiger partial charge is 0.325 e. The molecule has 1 aromatic carbocycles. The topological polar surface area (TPSA) is 26.0 Å². The van der Waals surface area contributed by atoms with E-state index < -0.39 is 17.6 Å². The van der Waals surface area contributed by atoms with Gasteiger partial charge in [-0.3, -0.25) is 0 Å². The average Bonchev–Trinajstić information content (AvgIpc) is 2.32. The third-order valence-electron chi connectivity index (χ3n) is 3.90. The monoisotopic (exact) mass is 325 g/mol. The third-order valence-corrected chi connectivity index (χ3v) is 4.49. The molecule has 0 aromatic heterocycles. The van der Waals surface area contributed by atoms with Crippen molar-refractivity contribution in [2.45, 2.75) is 43.8 Å². The maximum atomic E-state index is 12.9. The van der Waals surface area contributed by atoms with Crippen molar-refractivity contribution in [1.82, 2.24) is 0 Å². The highest BCUT2D eigenvalue weighted by molar-refractivity contribution is 6.35. The SMILES string of the molecule is NC1(Cc2ccc(Cl)cc2Cl)CCCC(C(F)(F)F)C1. The summed E-state index contributed by atoms with van der Waals surface area (Å²) in [5, 5.41) is 0.957. The summed E-state index contributed by atoms with van der Waals surface area (Å²) in [4.78, 5) is 0. The molecule has 6 heteroatoms. The minimum Gasteiger partial charge on any atom is -0.325 e. The Morgan fingerprint density at radius 3 is 2.60 bits per heavy atom. The van der Waals surface area contributed by atoms with Crippen molar-refractivity contribution < 1.29 is 13.2 Å². The molecule has 1 saturated carbocycles. The highest BCUT2D eigenvalue weighted by Gasteiger charge is 2.46. The number of benzene rings is 1. The first-order chi connectivity index (χ1) is 9.20. The van der Waals surface area contributed by atoms with Crippen LogP contribution in [0.5, 0.6) is 0 Å². The predicted molar refractivity (Wildman–Crippen MR) is 75.1 cm³/mol. The van der Waals surface area contributed by atoms with Crippen molar-refractivity contribution in [2.24, 2.45) is 11.7 Å². The molecule has 2 atom stereocenters. The Kier molecular flexibility index (Phi) is 4.57. The molecule has 0 heterocycles. The number of alkyl halides is 3. The van der Waals surface area contributed by atoms with Crippen LogP contribution in [0, 0.1) is 5.92 Å². The molecule has 2 N–H and O–H groups in total. The lowest BCUT2D eigenvalue weighted by atomic mass is 9.73. The number of hydrogen-bond donors (Lipinski definition) is 1. The van der Waals surface area contributed by atoms with Crippen LogP contribution in [0.15, 0.2) is 18.2 Å². The lowest BCUT2D eigenvalue weighted by Crippen LogP contribution is -2.49. The van der Waals surface area contributed by atoms with Crippen LogP contribution in [-0.2, 0) is 6.42 Å². The van der Waals surface area contributed by atoms with Gasteiger partial charge in [0.15, 0.2) is 0 Å². The molecule has 1 fully saturated rings. The summed E-state index contributed by atoms with van der Waals surface area (Å²) in [5.41, 5.74) is 6.09. The largest absolute Gasteiger partial charge is 0.391 e. The van der Waals surface area contributed by atoms with E-state index in [1.165, 1.54) is 0 Å². The minimum absolute atomic E-state index is 0.0462. The van der Waals surface area contributed by atoms with Gasteiger partial charge in [0.25, 0.3) is 0 Å². The van der Waals surface area contributed by atoms with E-state index in [0.29, 0.717) is 29.3 Å².